The predicted octanol–water partition coefficient (Wildman–Crippen LogP) is 3.83. The van der Waals surface area contributed by atoms with E-state index >= 15 is 0 Å². The number of sulfonamides is 1. The summed E-state index contributed by atoms with van der Waals surface area (Å²) in [6.45, 7) is 0. The van der Waals surface area contributed by atoms with Gasteiger partial charge in [-0.05, 0) is 43.2 Å². The van der Waals surface area contributed by atoms with Gasteiger partial charge in [0.05, 0.1) is 10.6 Å². The molecule has 144 valence electrons. The maximum absolute atomic E-state index is 13.7. The van der Waals surface area contributed by atoms with E-state index in [1.165, 1.54) is 24.3 Å². The van der Waals surface area contributed by atoms with E-state index in [4.69, 9.17) is 0 Å². The van der Waals surface area contributed by atoms with Crippen LogP contribution in [0.5, 0.6) is 0 Å². The van der Waals surface area contributed by atoms with E-state index in [9.17, 15) is 22.0 Å². The largest absolute Gasteiger partial charge is 0.319 e. The molecule has 1 saturated carbocycles. The van der Waals surface area contributed by atoms with Crippen LogP contribution in [0.1, 0.15) is 42.5 Å². The molecule has 1 aliphatic rings. The summed E-state index contributed by atoms with van der Waals surface area (Å²) in [4.78, 5) is 12.3. The molecule has 5 nitrogen and oxygen atoms in total. The molecule has 0 atom stereocenters. The lowest BCUT2D eigenvalue weighted by Crippen LogP contribution is -2.36. The molecule has 2 aromatic rings. The van der Waals surface area contributed by atoms with E-state index in [1.807, 2.05) is 0 Å². The standard InChI is InChI=1S/C19H20F2N2O3S/c20-14-9-10-18(17(21)12-14)22-19(24)13-5-4-8-16(11-13)27(25,26)23-15-6-2-1-3-7-15/h4-5,8-12,15,23H,1-3,6-7H2,(H,22,24). The first-order chi connectivity index (χ1) is 12.8. The molecular weight excluding hydrogens is 374 g/mol. The fourth-order valence-electron chi connectivity index (χ4n) is 3.10. The number of carbonyl (C=O) groups excluding carboxylic acids is 1. The average Bonchev–Trinajstić information content (AvgIpc) is 2.64. The normalized spacial score (nSPS) is 15.5. The SMILES string of the molecule is O=C(Nc1ccc(F)cc1F)c1cccc(S(=O)(=O)NC2CCCCC2)c1. The van der Waals surface area contributed by atoms with Gasteiger partial charge < -0.3 is 5.32 Å². The molecule has 27 heavy (non-hydrogen) atoms. The van der Waals surface area contributed by atoms with E-state index < -0.39 is 27.6 Å². The Morgan fingerprint density at radius 2 is 1.74 bits per heavy atom. The minimum atomic E-state index is -3.76. The molecule has 0 heterocycles. The smallest absolute Gasteiger partial charge is 0.255 e. The van der Waals surface area contributed by atoms with Crippen LogP contribution in [0.15, 0.2) is 47.4 Å². The minimum absolute atomic E-state index is 0.0275. The summed E-state index contributed by atoms with van der Waals surface area (Å²) in [6, 6.07) is 8.20. The summed E-state index contributed by atoms with van der Waals surface area (Å²) < 4.78 is 54.5. The van der Waals surface area contributed by atoms with E-state index in [-0.39, 0.29) is 22.2 Å². The Balaban J connectivity index is 1.76. The summed E-state index contributed by atoms with van der Waals surface area (Å²) in [5, 5.41) is 2.32. The second-order valence-corrected chi connectivity index (χ2v) is 8.28. The van der Waals surface area contributed by atoms with Crippen LogP contribution in [-0.4, -0.2) is 20.4 Å². The lowest BCUT2D eigenvalue weighted by atomic mass is 9.96. The predicted molar refractivity (Wildman–Crippen MR) is 97.9 cm³/mol. The number of rotatable bonds is 5. The van der Waals surface area contributed by atoms with Gasteiger partial charge in [-0.3, -0.25) is 4.79 Å². The maximum Gasteiger partial charge on any atom is 0.255 e. The van der Waals surface area contributed by atoms with Crippen molar-refractivity contribution in [2.45, 2.75) is 43.0 Å². The molecule has 3 rings (SSSR count). The quantitative estimate of drug-likeness (QED) is 0.809. The number of hydrogen-bond acceptors (Lipinski definition) is 3. The first-order valence-corrected chi connectivity index (χ1v) is 10.2. The van der Waals surface area contributed by atoms with Gasteiger partial charge in [-0.15, -0.1) is 0 Å². The van der Waals surface area contributed by atoms with Gasteiger partial charge in [-0.1, -0.05) is 25.3 Å². The highest BCUT2D eigenvalue weighted by Crippen LogP contribution is 2.21. The van der Waals surface area contributed by atoms with Crippen molar-refractivity contribution < 1.29 is 22.0 Å². The zero-order chi connectivity index (χ0) is 19.4. The van der Waals surface area contributed by atoms with E-state index in [1.54, 1.807) is 0 Å². The summed E-state index contributed by atoms with van der Waals surface area (Å²) in [6.07, 6.45) is 4.66. The van der Waals surface area contributed by atoms with Crippen LogP contribution in [-0.2, 0) is 10.0 Å². The zero-order valence-corrected chi connectivity index (χ0v) is 15.4. The summed E-state index contributed by atoms with van der Waals surface area (Å²) in [5.41, 5.74) is -0.125. The number of nitrogens with one attached hydrogen (secondary N) is 2. The van der Waals surface area contributed by atoms with Crippen LogP contribution in [0.4, 0.5) is 14.5 Å². The first kappa shape index (κ1) is 19.4. The molecule has 0 saturated heterocycles. The molecule has 0 aliphatic heterocycles. The Hall–Kier alpha value is -2.32. The fraction of sp³-hybridized carbons (Fsp3) is 0.316. The van der Waals surface area contributed by atoms with Crippen LogP contribution in [0.3, 0.4) is 0 Å². The van der Waals surface area contributed by atoms with Crippen molar-refractivity contribution in [3.05, 3.63) is 59.7 Å². The lowest BCUT2D eigenvalue weighted by Gasteiger charge is -2.22. The van der Waals surface area contributed by atoms with Crippen LogP contribution in [0, 0.1) is 11.6 Å². The van der Waals surface area contributed by atoms with Gasteiger partial charge in [-0.2, -0.15) is 0 Å². The molecule has 8 heteroatoms. The second kappa shape index (κ2) is 8.14. The number of hydrogen-bond donors (Lipinski definition) is 2. The van der Waals surface area contributed by atoms with Crippen molar-refractivity contribution in [1.82, 2.24) is 4.72 Å². The third-order valence-electron chi connectivity index (χ3n) is 4.51. The molecule has 2 aromatic carbocycles. The Kier molecular flexibility index (Phi) is 5.86. The summed E-state index contributed by atoms with van der Waals surface area (Å²) in [5.74, 6) is -2.35. The van der Waals surface area contributed by atoms with E-state index in [2.05, 4.69) is 10.0 Å². The molecule has 0 spiro atoms. The Morgan fingerprint density at radius 3 is 2.44 bits per heavy atom. The van der Waals surface area contributed by atoms with Gasteiger partial charge in [0, 0.05) is 17.7 Å². The Bertz CT molecular complexity index is 942. The van der Waals surface area contributed by atoms with Crippen molar-refractivity contribution in [2.75, 3.05) is 5.32 Å². The number of anilines is 1. The molecule has 1 amide bonds. The van der Waals surface area contributed by atoms with Crippen molar-refractivity contribution in [3.8, 4) is 0 Å². The molecule has 0 bridgehead atoms. The average molecular weight is 394 g/mol. The van der Waals surface area contributed by atoms with E-state index in [0.29, 0.717) is 6.07 Å². The van der Waals surface area contributed by atoms with Gasteiger partial charge in [0.25, 0.3) is 5.91 Å². The van der Waals surface area contributed by atoms with Crippen molar-refractivity contribution >= 4 is 21.6 Å². The first-order valence-electron chi connectivity index (χ1n) is 8.74. The Labute approximate surface area is 156 Å². The molecule has 0 unspecified atom stereocenters. The highest BCUT2D eigenvalue weighted by molar-refractivity contribution is 7.89. The van der Waals surface area contributed by atoms with Gasteiger partial charge in [-0.25, -0.2) is 21.9 Å². The van der Waals surface area contributed by atoms with Crippen molar-refractivity contribution in [1.29, 1.82) is 0 Å². The van der Waals surface area contributed by atoms with Crippen molar-refractivity contribution in [3.63, 3.8) is 0 Å². The number of amides is 1. The molecule has 2 N–H and O–H groups in total. The monoisotopic (exact) mass is 394 g/mol. The minimum Gasteiger partial charge on any atom is -0.319 e. The third-order valence-corrected chi connectivity index (χ3v) is 6.03. The molecule has 1 aliphatic carbocycles. The number of carbonyl (C=O) groups is 1. The summed E-state index contributed by atoms with van der Waals surface area (Å²) >= 11 is 0. The second-order valence-electron chi connectivity index (χ2n) is 6.56. The highest BCUT2D eigenvalue weighted by Gasteiger charge is 2.22. The topological polar surface area (TPSA) is 75.3 Å². The fourth-order valence-corrected chi connectivity index (χ4v) is 4.45. The summed E-state index contributed by atoms with van der Waals surface area (Å²) in [7, 11) is -3.76. The molecule has 1 fully saturated rings. The van der Waals surface area contributed by atoms with Crippen LogP contribution >= 0.6 is 0 Å². The van der Waals surface area contributed by atoms with Gasteiger partial charge in [0.15, 0.2) is 0 Å². The van der Waals surface area contributed by atoms with Crippen LogP contribution in [0.2, 0.25) is 0 Å². The van der Waals surface area contributed by atoms with E-state index in [0.717, 1.165) is 44.2 Å². The number of benzene rings is 2. The number of halogens is 2. The van der Waals surface area contributed by atoms with Crippen LogP contribution < -0.4 is 10.0 Å². The zero-order valence-electron chi connectivity index (χ0n) is 14.5. The Morgan fingerprint density at radius 1 is 1.00 bits per heavy atom. The van der Waals surface area contributed by atoms with Gasteiger partial charge in [0.2, 0.25) is 10.0 Å². The van der Waals surface area contributed by atoms with Crippen molar-refractivity contribution in [2.24, 2.45) is 0 Å². The maximum atomic E-state index is 13.7. The molecular formula is C19H20F2N2O3S. The van der Waals surface area contributed by atoms with Crippen LogP contribution in [0.25, 0.3) is 0 Å². The molecule has 0 aromatic heterocycles. The highest BCUT2D eigenvalue weighted by atomic mass is 32.2. The molecule has 0 radical (unpaired) electrons. The third kappa shape index (κ3) is 4.90. The lowest BCUT2D eigenvalue weighted by molar-refractivity contribution is 0.102. The van der Waals surface area contributed by atoms with Gasteiger partial charge >= 0.3 is 0 Å². The van der Waals surface area contributed by atoms with Gasteiger partial charge in [0.1, 0.15) is 11.6 Å².